The maximum absolute atomic E-state index is 12.6. The summed E-state index contributed by atoms with van der Waals surface area (Å²) in [5.41, 5.74) is 0. The van der Waals surface area contributed by atoms with E-state index >= 15 is 0 Å². The van der Waals surface area contributed by atoms with Crippen molar-refractivity contribution in [3.05, 3.63) is 0 Å². The van der Waals surface area contributed by atoms with Gasteiger partial charge in [-0.1, -0.05) is 0 Å². The first-order valence-corrected chi connectivity index (χ1v) is 10.5. The second-order valence-electron chi connectivity index (χ2n) is 3.59. The van der Waals surface area contributed by atoms with Crippen LogP contribution in [0.5, 0.6) is 0 Å². The van der Waals surface area contributed by atoms with Gasteiger partial charge in [-0.25, -0.2) is 0 Å². The van der Waals surface area contributed by atoms with Crippen molar-refractivity contribution in [2.45, 2.75) is 34.6 Å². The molecule has 0 bridgehead atoms. The molecule has 0 N–H and O–H groups in total. The lowest BCUT2D eigenvalue weighted by Crippen LogP contribution is -2.50. The van der Waals surface area contributed by atoms with Crippen LogP contribution in [0.25, 0.3) is 0 Å². The van der Waals surface area contributed by atoms with E-state index in [1.807, 2.05) is 20.8 Å². The second kappa shape index (κ2) is 10.0. The van der Waals surface area contributed by atoms with Crippen LogP contribution in [0.15, 0.2) is 0 Å². The monoisotopic (exact) mass is 314 g/mol. The molecule has 0 aliphatic heterocycles. The third-order valence-corrected chi connectivity index (χ3v) is 8.72. The first-order chi connectivity index (χ1) is 9.01. The summed E-state index contributed by atoms with van der Waals surface area (Å²) in [6.07, 6.45) is 0. The maximum Gasteiger partial charge on any atom is 0.513 e. The lowest BCUT2D eigenvalue weighted by Gasteiger charge is -2.30. The average Bonchev–Trinajstić information content (AvgIpc) is 2.30. The number of rotatable bonds is 12. The molecule has 0 aromatic rings. The quantitative estimate of drug-likeness (QED) is 0.408. The smallest absolute Gasteiger partial charge is 0.373 e. The van der Waals surface area contributed by atoms with Gasteiger partial charge in [0.2, 0.25) is 0 Å². The van der Waals surface area contributed by atoms with Gasteiger partial charge in [-0.3, -0.25) is 4.57 Å². The Morgan fingerprint density at radius 2 is 1.11 bits per heavy atom. The molecule has 0 saturated heterocycles. The minimum absolute atomic E-state index is 0.0528. The molecular formula is C11H27O6PSi. The zero-order valence-corrected chi connectivity index (χ0v) is 14.5. The molecule has 0 radical (unpaired) electrons. The van der Waals surface area contributed by atoms with Gasteiger partial charge in [0.25, 0.3) is 0 Å². The molecule has 0 aliphatic rings. The van der Waals surface area contributed by atoms with Crippen LogP contribution >= 0.6 is 7.60 Å². The Morgan fingerprint density at radius 3 is 1.37 bits per heavy atom. The molecule has 19 heavy (non-hydrogen) atoms. The maximum atomic E-state index is 12.6. The summed E-state index contributed by atoms with van der Waals surface area (Å²) < 4.78 is 40.2. The largest absolute Gasteiger partial charge is 0.513 e. The van der Waals surface area contributed by atoms with Gasteiger partial charge in [0.1, 0.15) is 5.79 Å². The van der Waals surface area contributed by atoms with Gasteiger partial charge in [0.05, 0.1) is 13.2 Å². The zero-order chi connectivity index (χ0) is 14.8. The molecule has 0 unspecified atom stereocenters. The summed E-state index contributed by atoms with van der Waals surface area (Å²) in [5, 5.41) is 0. The third kappa shape index (κ3) is 6.99. The van der Waals surface area contributed by atoms with Gasteiger partial charge >= 0.3 is 16.4 Å². The van der Waals surface area contributed by atoms with E-state index in [2.05, 4.69) is 0 Å². The van der Waals surface area contributed by atoms with E-state index in [1.54, 1.807) is 13.8 Å². The second-order valence-corrected chi connectivity index (χ2v) is 8.82. The van der Waals surface area contributed by atoms with E-state index in [1.165, 1.54) is 0 Å². The molecule has 0 fully saturated rings. The van der Waals surface area contributed by atoms with Crippen molar-refractivity contribution in [3.8, 4) is 0 Å². The Hall–Kier alpha value is 0.247. The SMILES string of the molecule is CCO[Si](CP(=O)(OCC)OCC)(OCC)OCC. The molecule has 116 valence electrons. The van der Waals surface area contributed by atoms with Crippen LogP contribution in [-0.4, -0.2) is 47.6 Å². The summed E-state index contributed by atoms with van der Waals surface area (Å²) >= 11 is 0. The van der Waals surface area contributed by atoms with Gasteiger partial charge in [-0.2, -0.15) is 0 Å². The van der Waals surface area contributed by atoms with Crippen molar-refractivity contribution < 1.29 is 26.9 Å². The fraction of sp³-hybridized carbons (Fsp3) is 1.00. The molecular weight excluding hydrogens is 287 g/mol. The standard InChI is InChI=1S/C11H27O6PSi/c1-6-13-18(12,14-7-2)11-19(15-8-3,16-9-4)17-10-5/h6-11H2,1-5H3. The summed E-state index contributed by atoms with van der Waals surface area (Å²) in [7, 11) is -6.26. The highest BCUT2D eigenvalue weighted by molar-refractivity contribution is 7.56. The Morgan fingerprint density at radius 1 is 0.737 bits per heavy atom. The van der Waals surface area contributed by atoms with Crippen LogP contribution in [0, 0.1) is 0 Å². The summed E-state index contributed by atoms with van der Waals surface area (Å²) in [6, 6.07) is 0. The van der Waals surface area contributed by atoms with Crippen LogP contribution in [0.1, 0.15) is 34.6 Å². The Labute approximate surface area is 117 Å². The normalized spacial score (nSPS) is 12.9. The predicted molar refractivity (Wildman–Crippen MR) is 76.4 cm³/mol. The van der Waals surface area contributed by atoms with Crippen LogP contribution in [-0.2, 0) is 26.9 Å². The fourth-order valence-corrected chi connectivity index (χ4v) is 7.83. The zero-order valence-electron chi connectivity index (χ0n) is 12.6. The summed E-state index contributed by atoms with van der Waals surface area (Å²) in [6.45, 7) is 11.0. The van der Waals surface area contributed by atoms with Crippen LogP contribution in [0.3, 0.4) is 0 Å². The Kier molecular flexibility index (Phi) is 10.2. The lowest BCUT2D eigenvalue weighted by atomic mass is 10.9. The van der Waals surface area contributed by atoms with Crippen molar-refractivity contribution in [1.82, 2.24) is 0 Å². The van der Waals surface area contributed by atoms with Crippen molar-refractivity contribution >= 4 is 16.4 Å². The molecule has 0 amide bonds. The van der Waals surface area contributed by atoms with Crippen LogP contribution < -0.4 is 0 Å². The van der Waals surface area contributed by atoms with Crippen molar-refractivity contribution in [1.29, 1.82) is 0 Å². The molecule has 0 aromatic heterocycles. The van der Waals surface area contributed by atoms with E-state index in [-0.39, 0.29) is 5.79 Å². The highest BCUT2D eigenvalue weighted by atomic mass is 31.2. The lowest BCUT2D eigenvalue weighted by molar-refractivity contribution is 0.0741. The van der Waals surface area contributed by atoms with Crippen LogP contribution in [0.2, 0.25) is 0 Å². The van der Waals surface area contributed by atoms with Gasteiger partial charge in [-0.05, 0) is 34.6 Å². The minimum atomic E-state index is -3.24. The Balaban J connectivity index is 5.05. The van der Waals surface area contributed by atoms with Gasteiger partial charge < -0.3 is 22.3 Å². The number of hydrogen-bond donors (Lipinski definition) is 0. The summed E-state index contributed by atoms with van der Waals surface area (Å²) in [4.78, 5) is 0. The molecule has 0 aliphatic carbocycles. The molecule has 0 rings (SSSR count). The van der Waals surface area contributed by atoms with Gasteiger partial charge in [-0.15, -0.1) is 0 Å². The first-order valence-electron chi connectivity index (χ1n) is 6.81. The molecule has 0 spiro atoms. The van der Waals surface area contributed by atoms with Gasteiger partial charge in [0, 0.05) is 19.8 Å². The Bertz CT molecular complexity index is 249. The van der Waals surface area contributed by atoms with Crippen molar-refractivity contribution in [2.75, 3.05) is 38.8 Å². The van der Waals surface area contributed by atoms with Crippen molar-refractivity contribution in [3.63, 3.8) is 0 Å². The average molecular weight is 314 g/mol. The van der Waals surface area contributed by atoms with E-state index in [9.17, 15) is 4.57 Å². The predicted octanol–water partition coefficient (Wildman–Crippen LogP) is 2.84. The molecule has 0 saturated carbocycles. The fourth-order valence-electron chi connectivity index (χ4n) is 1.68. The van der Waals surface area contributed by atoms with Crippen LogP contribution in [0.4, 0.5) is 0 Å². The minimum Gasteiger partial charge on any atom is -0.373 e. The van der Waals surface area contributed by atoms with Crippen molar-refractivity contribution in [2.24, 2.45) is 0 Å². The molecule has 6 nitrogen and oxygen atoms in total. The summed E-state index contributed by atoms with van der Waals surface area (Å²) in [5.74, 6) is 0.0528. The van der Waals surface area contributed by atoms with E-state index in [4.69, 9.17) is 22.3 Å². The highest BCUT2D eigenvalue weighted by Gasteiger charge is 2.49. The number of hydrogen-bond acceptors (Lipinski definition) is 6. The van der Waals surface area contributed by atoms with E-state index in [0.717, 1.165) is 0 Å². The molecule has 0 atom stereocenters. The third-order valence-electron chi connectivity index (χ3n) is 2.13. The first kappa shape index (κ1) is 19.2. The highest BCUT2D eigenvalue weighted by Crippen LogP contribution is 2.50. The van der Waals surface area contributed by atoms with E-state index < -0.39 is 16.4 Å². The van der Waals surface area contributed by atoms with Gasteiger partial charge in [0.15, 0.2) is 0 Å². The molecule has 0 aromatic carbocycles. The topological polar surface area (TPSA) is 63.2 Å². The molecule has 0 heterocycles. The molecule has 8 heteroatoms. The van der Waals surface area contributed by atoms with E-state index in [0.29, 0.717) is 33.0 Å².